The minimum Gasteiger partial charge on any atom is -0.423 e. The number of hydrogen-bond acceptors (Lipinski definition) is 4. The number of fused-ring (bicyclic) bond motifs is 1. The Morgan fingerprint density at radius 1 is 0.545 bits per heavy atom. The van der Waals surface area contributed by atoms with Gasteiger partial charge in [0.1, 0.15) is 0 Å². The molecule has 0 saturated heterocycles. The summed E-state index contributed by atoms with van der Waals surface area (Å²) in [5.41, 5.74) is 1.08. The van der Waals surface area contributed by atoms with Gasteiger partial charge in [-0.05, 0) is 21.7 Å². The van der Waals surface area contributed by atoms with Crippen LogP contribution in [-0.2, 0) is 0 Å². The summed E-state index contributed by atoms with van der Waals surface area (Å²) in [4.78, 5) is 0. The van der Waals surface area contributed by atoms with Gasteiger partial charge in [0.15, 0.2) is 0 Å². The van der Waals surface area contributed by atoms with E-state index in [0.29, 0.717) is 10.9 Å². The van der Waals surface area contributed by atoms with E-state index in [1.807, 2.05) is 42.5 Å². The van der Waals surface area contributed by atoms with E-state index in [1.54, 1.807) is 30.3 Å². The standard InChI is InChI=1S/C10H9BO2.C6H7BO2/c12-11(13)10-7-3-5-8-4-1-2-6-9(8)10;8-7(9)6-4-2-1-3-5-6/h1-7,12-13H;1-5,8-9H. The van der Waals surface area contributed by atoms with E-state index in [4.69, 9.17) is 20.1 Å². The molecule has 0 spiro atoms. The first-order chi connectivity index (χ1) is 10.6. The topological polar surface area (TPSA) is 80.9 Å². The molecule has 0 saturated carbocycles. The Morgan fingerprint density at radius 3 is 1.73 bits per heavy atom. The molecule has 0 radical (unpaired) electrons. The van der Waals surface area contributed by atoms with Crippen molar-refractivity contribution in [2.75, 3.05) is 0 Å². The molecule has 3 aromatic carbocycles. The lowest BCUT2D eigenvalue weighted by atomic mass is 9.77. The smallest absolute Gasteiger partial charge is 0.423 e. The van der Waals surface area contributed by atoms with Crippen LogP contribution in [0.2, 0.25) is 0 Å². The molecule has 0 aliphatic heterocycles. The largest absolute Gasteiger partial charge is 0.489 e. The van der Waals surface area contributed by atoms with Gasteiger partial charge in [-0.2, -0.15) is 0 Å². The Hall–Kier alpha value is -2.11. The zero-order valence-corrected chi connectivity index (χ0v) is 11.9. The van der Waals surface area contributed by atoms with Gasteiger partial charge in [0, 0.05) is 0 Å². The van der Waals surface area contributed by atoms with Crippen molar-refractivity contribution < 1.29 is 20.1 Å². The van der Waals surface area contributed by atoms with E-state index < -0.39 is 14.2 Å². The Kier molecular flexibility index (Phi) is 5.75. The van der Waals surface area contributed by atoms with Crippen molar-refractivity contribution in [3.05, 3.63) is 72.8 Å². The second-order valence-electron chi connectivity index (χ2n) is 4.73. The zero-order valence-electron chi connectivity index (χ0n) is 11.9. The molecule has 22 heavy (non-hydrogen) atoms. The highest BCUT2D eigenvalue weighted by atomic mass is 16.4. The average Bonchev–Trinajstić information content (AvgIpc) is 2.55. The minimum atomic E-state index is -1.40. The van der Waals surface area contributed by atoms with E-state index in [-0.39, 0.29) is 0 Å². The zero-order chi connectivity index (χ0) is 15.9. The maximum atomic E-state index is 9.08. The number of rotatable bonds is 2. The van der Waals surface area contributed by atoms with Crippen molar-refractivity contribution in [1.29, 1.82) is 0 Å². The molecule has 110 valence electrons. The predicted octanol–water partition coefficient (Wildman–Crippen LogP) is -0.114. The second-order valence-corrected chi connectivity index (χ2v) is 4.73. The first-order valence-corrected chi connectivity index (χ1v) is 6.84. The first kappa shape index (κ1) is 16.3. The minimum absolute atomic E-state index is 0.525. The van der Waals surface area contributed by atoms with Gasteiger partial charge in [0.2, 0.25) is 0 Å². The van der Waals surface area contributed by atoms with E-state index >= 15 is 0 Å². The molecule has 6 heteroatoms. The van der Waals surface area contributed by atoms with Crippen molar-refractivity contribution in [2.45, 2.75) is 0 Å². The molecule has 0 heterocycles. The third-order valence-corrected chi connectivity index (χ3v) is 3.20. The molecule has 0 bridgehead atoms. The van der Waals surface area contributed by atoms with Crippen molar-refractivity contribution in [1.82, 2.24) is 0 Å². The van der Waals surface area contributed by atoms with Crippen LogP contribution in [0, 0.1) is 0 Å². The molecule has 3 rings (SSSR count). The average molecular weight is 294 g/mol. The fraction of sp³-hybridized carbons (Fsp3) is 0. The molecule has 0 fully saturated rings. The number of hydrogen-bond donors (Lipinski definition) is 4. The highest BCUT2D eigenvalue weighted by Gasteiger charge is 2.13. The molecule has 4 nitrogen and oxygen atoms in total. The SMILES string of the molecule is OB(O)c1cccc2ccccc12.OB(O)c1ccccc1. The van der Waals surface area contributed by atoms with Gasteiger partial charge in [0.25, 0.3) is 0 Å². The van der Waals surface area contributed by atoms with Gasteiger partial charge in [-0.3, -0.25) is 0 Å². The van der Waals surface area contributed by atoms with Crippen LogP contribution in [0.5, 0.6) is 0 Å². The summed E-state index contributed by atoms with van der Waals surface area (Å²) in [7, 11) is -2.74. The normalized spacial score (nSPS) is 9.82. The fourth-order valence-electron chi connectivity index (χ4n) is 2.10. The molecule has 0 amide bonds. The lowest BCUT2D eigenvalue weighted by molar-refractivity contribution is 0.424. The lowest BCUT2D eigenvalue weighted by Gasteiger charge is -2.03. The van der Waals surface area contributed by atoms with E-state index in [0.717, 1.165) is 10.8 Å². The third-order valence-electron chi connectivity index (χ3n) is 3.20. The Morgan fingerprint density at radius 2 is 1.14 bits per heavy atom. The van der Waals surface area contributed by atoms with E-state index in [2.05, 4.69) is 0 Å². The van der Waals surface area contributed by atoms with Gasteiger partial charge in [-0.15, -0.1) is 0 Å². The molecule has 3 aromatic rings. The highest BCUT2D eigenvalue weighted by Crippen LogP contribution is 2.10. The first-order valence-electron chi connectivity index (χ1n) is 6.84. The molecular formula is C16H16B2O4. The molecular weight excluding hydrogens is 278 g/mol. The van der Waals surface area contributed by atoms with Crippen molar-refractivity contribution >= 4 is 35.9 Å². The molecule has 4 N–H and O–H groups in total. The Balaban J connectivity index is 0.000000172. The van der Waals surface area contributed by atoms with Crippen molar-refractivity contribution in [3.63, 3.8) is 0 Å². The van der Waals surface area contributed by atoms with Gasteiger partial charge in [0.05, 0.1) is 0 Å². The summed E-state index contributed by atoms with van der Waals surface area (Å²) in [6.45, 7) is 0. The summed E-state index contributed by atoms with van der Waals surface area (Å²) < 4.78 is 0. The highest BCUT2D eigenvalue weighted by molar-refractivity contribution is 6.62. The van der Waals surface area contributed by atoms with Crippen molar-refractivity contribution in [2.24, 2.45) is 0 Å². The predicted molar refractivity (Wildman–Crippen MR) is 90.0 cm³/mol. The van der Waals surface area contributed by atoms with Crippen LogP contribution >= 0.6 is 0 Å². The van der Waals surface area contributed by atoms with Crippen LogP contribution in [0.15, 0.2) is 72.8 Å². The molecule has 0 aliphatic rings. The fourth-order valence-corrected chi connectivity index (χ4v) is 2.10. The lowest BCUT2D eigenvalue weighted by Crippen LogP contribution is -2.30. The number of benzene rings is 3. The van der Waals surface area contributed by atoms with Crippen LogP contribution in [0.1, 0.15) is 0 Å². The molecule has 0 atom stereocenters. The van der Waals surface area contributed by atoms with Gasteiger partial charge < -0.3 is 20.1 Å². The maximum absolute atomic E-state index is 9.08. The quantitative estimate of drug-likeness (QED) is 0.497. The Labute approximate surface area is 129 Å². The molecule has 0 unspecified atom stereocenters. The Bertz CT molecular complexity index is 712. The monoisotopic (exact) mass is 294 g/mol. The summed E-state index contributed by atoms with van der Waals surface area (Å²) in [5, 5.41) is 37.2. The maximum Gasteiger partial charge on any atom is 0.489 e. The van der Waals surface area contributed by atoms with E-state index in [1.165, 1.54) is 0 Å². The van der Waals surface area contributed by atoms with Crippen LogP contribution in [0.3, 0.4) is 0 Å². The summed E-state index contributed by atoms with van der Waals surface area (Å²) in [6.07, 6.45) is 0. The van der Waals surface area contributed by atoms with Crippen LogP contribution in [-0.4, -0.2) is 34.3 Å². The van der Waals surface area contributed by atoms with Crippen LogP contribution in [0.4, 0.5) is 0 Å². The molecule has 0 aliphatic carbocycles. The summed E-state index contributed by atoms with van der Waals surface area (Å²) in [6, 6.07) is 21.8. The molecule has 0 aromatic heterocycles. The van der Waals surface area contributed by atoms with E-state index in [9.17, 15) is 0 Å². The summed E-state index contributed by atoms with van der Waals surface area (Å²) >= 11 is 0. The summed E-state index contributed by atoms with van der Waals surface area (Å²) in [5.74, 6) is 0. The van der Waals surface area contributed by atoms with Gasteiger partial charge in [-0.25, -0.2) is 0 Å². The van der Waals surface area contributed by atoms with Crippen LogP contribution in [0.25, 0.3) is 10.8 Å². The third kappa shape index (κ3) is 4.19. The van der Waals surface area contributed by atoms with Crippen LogP contribution < -0.4 is 10.9 Å². The van der Waals surface area contributed by atoms with Crippen molar-refractivity contribution in [3.8, 4) is 0 Å². The van der Waals surface area contributed by atoms with Gasteiger partial charge in [-0.1, -0.05) is 72.8 Å². The second kappa shape index (κ2) is 7.77. The van der Waals surface area contributed by atoms with Gasteiger partial charge >= 0.3 is 14.2 Å².